The number of nitrogens with zero attached hydrogens (tertiary/aromatic N) is 1. The van der Waals surface area contributed by atoms with E-state index in [1.807, 2.05) is 29.7 Å². The van der Waals surface area contributed by atoms with Crippen molar-refractivity contribution in [3.63, 3.8) is 0 Å². The van der Waals surface area contributed by atoms with Crippen LogP contribution in [0.4, 0.5) is 5.69 Å². The van der Waals surface area contributed by atoms with Crippen LogP contribution >= 0.6 is 0 Å². The molecule has 5 rings (SSSR count). The Kier molecular flexibility index (Phi) is 4.99. The molecule has 2 amide bonds. The number of amides is 2. The van der Waals surface area contributed by atoms with Crippen molar-refractivity contribution >= 4 is 28.4 Å². The molecule has 2 aliphatic rings. The van der Waals surface area contributed by atoms with Crippen LogP contribution in [0.5, 0.6) is 17.2 Å². The van der Waals surface area contributed by atoms with Crippen molar-refractivity contribution in [3.05, 3.63) is 48.2 Å². The predicted molar refractivity (Wildman–Crippen MR) is 114 cm³/mol. The van der Waals surface area contributed by atoms with E-state index in [0.29, 0.717) is 36.9 Å². The van der Waals surface area contributed by atoms with Gasteiger partial charge in [0.25, 0.3) is 5.91 Å². The fourth-order valence-corrected chi connectivity index (χ4v) is 4.21. The number of imide groups is 1. The molecule has 0 saturated carbocycles. The zero-order chi connectivity index (χ0) is 21.4. The maximum absolute atomic E-state index is 13.0. The van der Waals surface area contributed by atoms with Crippen LogP contribution in [0, 0.1) is 0 Å². The summed E-state index contributed by atoms with van der Waals surface area (Å²) in [7, 11) is 1.65. The van der Waals surface area contributed by atoms with Crippen molar-refractivity contribution in [2.24, 2.45) is 0 Å². The van der Waals surface area contributed by atoms with Gasteiger partial charge in [0.15, 0.2) is 17.5 Å². The zero-order valence-corrected chi connectivity index (χ0v) is 17.2. The number of hydrogen-bond acceptors (Lipinski definition) is 5. The molecule has 1 saturated heterocycles. The quantitative estimate of drug-likeness (QED) is 0.585. The van der Waals surface area contributed by atoms with Gasteiger partial charge in [-0.25, -0.2) is 4.90 Å². The second kappa shape index (κ2) is 7.96. The molecular weight excluding hydrogens is 398 g/mol. The van der Waals surface area contributed by atoms with E-state index < -0.39 is 6.04 Å². The molecule has 3 aromatic rings. The number of carbonyl (C=O) groups is 2. The number of H-pyrrole nitrogens is 1. The van der Waals surface area contributed by atoms with E-state index in [1.165, 1.54) is 4.90 Å². The third-order valence-electron chi connectivity index (χ3n) is 5.80. The third-order valence-corrected chi connectivity index (χ3v) is 5.80. The number of aromatic amines is 1. The van der Waals surface area contributed by atoms with Gasteiger partial charge in [-0.1, -0.05) is 0 Å². The maximum atomic E-state index is 13.0. The van der Waals surface area contributed by atoms with Crippen LogP contribution in [-0.2, 0) is 16.0 Å². The molecule has 1 aromatic heterocycles. The third kappa shape index (κ3) is 3.59. The standard InChI is InChI=1S/C23H23N3O5/c1-29-16-3-4-18-17(11-16)14(13-25-18)6-7-24-19-12-22(27)26(23(19)28)15-2-5-20-21(10-15)31-9-8-30-20/h2-5,10-11,13,19,24-25H,6-9,12H2,1H3/p+1/t19-/m1/s1. The van der Waals surface area contributed by atoms with Crippen molar-refractivity contribution in [1.82, 2.24) is 4.98 Å². The van der Waals surface area contributed by atoms with Crippen molar-refractivity contribution in [1.29, 1.82) is 0 Å². The molecule has 0 spiro atoms. The predicted octanol–water partition coefficient (Wildman–Crippen LogP) is 1.39. The van der Waals surface area contributed by atoms with E-state index in [9.17, 15) is 9.59 Å². The van der Waals surface area contributed by atoms with Crippen LogP contribution in [0.2, 0.25) is 0 Å². The lowest BCUT2D eigenvalue weighted by Crippen LogP contribution is -2.92. The Morgan fingerprint density at radius 3 is 2.81 bits per heavy atom. The van der Waals surface area contributed by atoms with Crippen LogP contribution in [0.3, 0.4) is 0 Å². The first-order valence-corrected chi connectivity index (χ1v) is 10.4. The molecule has 0 bridgehead atoms. The smallest absolute Gasteiger partial charge is 0.292 e. The van der Waals surface area contributed by atoms with E-state index in [2.05, 4.69) is 4.98 Å². The van der Waals surface area contributed by atoms with Gasteiger partial charge < -0.3 is 24.5 Å². The van der Waals surface area contributed by atoms with Crippen LogP contribution in [0.1, 0.15) is 12.0 Å². The first kappa shape index (κ1) is 19.4. The van der Waals surface area contributed by atoms with Gasteiger partial charge in [0, 0.05) is 29.6 Å². The summed E-state index contributed by atoms with van der Waals surface area (Å²) >= 11 is 0. The maximum Gasteiger partial charge on any atom is 0.292 e. The number of methoxy groups -OCH3 is 1. The molecule has 0 unspecified atom stereocenters. The topological polar surface area (TPSA) is 97.5 Å². The van der Waals surface area contributed by atoms with E-state index in [0.717, 1.165) is 28.6 Å². The van der Waals surface area contributed by atoms with Gasteiger partial charge in [-0.3, -0.25) is 9.59 Å². The lowest BCUT2D eigenvalue weighted by atomic mass is 10.1. The molecule has 31 heavy (non-hydrogen) atoms. The molecule has 0 radical (unpaired) electrons. The van der Waals surface area contributed by atoms with Crippen LogP contribution < -0.4 is 24.4 Å². The number of benzene rings is 2. The Hall–Kier alpha value is -3.52. The monoisotopic (exact) mass is 422 g/mol. The summed E-state index contributed by atoms with van der Waals surface area (Å²) in [5.41, 5.74) is 2.73. The van der Waals surface area contributed by atoms with Crippen molar-refractivity contribution < 1.29 is 29.1 Å². The normalized spacial score (nSPS) is 18.1. The van der Waals surface area contributed by atoms with Gasteiger partial charge in [-0.2, -0.15) is 0 Å². The summed E-state index contributed by atoms with van der Waals surface area (Å²) in [5, 5.41) is 3.07. The number of quaternary nitrogens is 1. The number of ether oxygens (including phenoxy) is 3. The number of carbonyl (C=O) groups excluding carboxylic acids is 2. The fraction of sp³-hybridized carbons (Fsp3) is 0.304. The summed E-state index contributed by atoms with van der Waals surface area (Å²) in [6.07, 6.45) is 2.95. The fourth-order valence-electron chi connectivity index (χ4n) is 4.21. The molecule has 2 aromatic carbocycles. The molecule has 8 nitrogen and oxygen atoms in total. The Labute approximate surface area is 179 Å². The summed E-state index contributed by atoms with van der Waals surface area (Å²) in [6, 6.07) is 10.7. The summed E-state index contributed by atoms with van der Waals surface area (Å²) < 4.78 is 16.4. The van der Waals surface area contributed by atoms with Crippen molar-refractivity contribution in [3.8, 4) is 17.2 Å². The second-order valence-corrected chi connectivity index (χ2v) is 7.71. The van der Waals surface area contributed by atoms with Gasteiger partial charge in [0.05, 0.1) is 25.8 Å². The average molecular weight is 422 g/mol. The highest BCUT2D eigenvalue weighted by Crippen LogP contribution is 2.35. The zero-order valence-electron chi connectivity index (χ0n) is 17.2. The number of hydrogen-bond donors (Lipinski definition) is 2. The minimum Gasteiger partial charge on any atom is -0.497 e. The molecule has 1 atom stereocenters. The average Bonchev–Trinajstić information content (AvgIpc) is 3.33. The van der Waals surface area contributed by atoms with E-state index >= 15 is 0 Å². The summed E-state index contributed by atoms with van der Waals surface area (Å²) in [4.78, 5) is 30.1. The van der Waals surface area contributed by atoms with Gasteiger partial charge in [-0.15, -0.1) is 0 Å². The lowest BCUT2D eigenvalue weighted by molar-refractivity contribution is -0.674. The minimum absolute atomic E-state index is 0.189. The first-order chi connectivity index (χ1) is 15.1. The van der Waals surface area contributed by atoms with Crippen molar-refractivity contribution in [2.75, 3.05) is 31.8 Å². The first-order valence-electron chi connectivity index (χ1n) is 10.4. The molecule has 3 N–H and O–H groups in total. The number of nitrogens with one attached hydrogen (secondary N) is 1. The van der Waals surface area contributed by atoms with E-state index in [1.54, 1.807) is 25.3 Å². The molecule has 0 aliphatic carbocycles. The minimum atomic E-state index is -0.416. The van der Waals surface area contributed by atoms with E-state index in [-0.39, 0.29) is 18.2 Å². The Bertz CT molecular complexity index is 1160. The number of anilines is 1. The highest BCUT2D eigenvalue weighted by molar-refractivity contribution is 6.21. The number of aromatic nitrogens is 1. The van der Waals surface area contributed by atoms with E-state index in [4.69, 9.17) is 14.2 Å². The molecule has 2 aliphatic heterocycles. The summed E-state index contributed by atoms with van der Waals surface area (Å²) in [6.45, 7) is 1.64. The largest absolute Gasteiger partial charge is 0.497 e. The molecule has 1 fully saturated rings. The lowest BCUT2D eigenvalue weighted by Gasteiger charge is -2.21. The van der Waals surface area contributed by atoms with Gasteiger partial charge in [-0.05, 0) is 35.9 Å². The van der Waals surface area contributed by atoms with Gasteiger partial charge in [0.2, 0.25) is 5.91 Å². The van der Waals surface area contributed by atoms with Crippen LogP contribution in [0.25, 0.3) is 10.9 Å². The molecule has 3 heterocycles. The molecule has 160 valence electrons. The highest BCUT2D eigenvalue weighted by atomic mass is 16.6. The second-order valence-electron chi connectivity index (χ2n) is 7.71. The number of nitrogens with two attached hydrogens (primary N) is 1. The van der Waals surface area contributed by atoms with Gasteiger partial charge >= 0.3 is 0 Å². The SMILES string of the molecule is COc1ccc2[nH]cc(CC[NH2+][C@@H]3CC(=O)N(c4ccc5c(c4)OCCO5)C3=O)c2c1. The van der Waals surface area contributed by atoms with Gasteiger partial charge in [0.1, 0.15) is 19.0 Å². The van der Waals surface area contributed by atoms with Crippen molar-refractivity contribution in [2.45, 2.75) is 18.9 Å². The van der Waals surface area contributed by atoms with Crippen LogP contribution in [-0.4, -0.2) is 49.7 Å². The number of fused-ring (bicyclic) bond motifs is 2. The Morgan fingerprint density at radius 1 is 1.13 bits per heavy atom. The highest BCUT2D eigenvalue weighted by Gasteiger charge is 2.42. The molecule has 8 heteroatoms. The van der Waals surface area contributed by atoms with Crippen LogP contribution in [0.15, 0.2) is 42.6 Å². The molecular formula is C23H24N3O5+. The number of rotatable bonds is 6. The summed E-state index contributed by atoms with van der Waals surface area (Å²) in [5.74, 6) is 1.62. The Balaban J connectivity index is 1.25. The Morgan fingerprint density at radius 2 is 1.97 bits per heavy atom.